The van der Waals surface area contributed by atoms with Gasteiger partial charge in [-0.05, 0) is 83.5 Å². The largest absolute Gasteiger partial charge is 0.462 e. The molecule has 460 valence electrons. The van der Waals surface area contributed by atoms with Gasteiger partial charge in [0.15, 0.2) is 6.10 Å². The van der Waals surface area contributed by atoms with Gasteiger partial charge < -0.3 is 14.2 Å². The van der Waals surface area contributed by atoms with E-state index in [1.54, 1.807) is 0 Å². The number of rotatable bonds is 64. The standard InChI is InChI=1S/C73H132O6/c1-4-7-10-13-16-19-22-25-27-29-30-31-32-33-34-35-36-37-38-39-40-41-42-44-45-48-51-54-57-60-63-66-72(75)78-69-70(68-77-71(74)65-62-59-56-53-50-47-24-21-18-15-12-9-6-3)79-73(76)67-64-61-58-55-52-49-46-43-28-26-23-20-17-14-11-8-5-2/h12,15,21-22,24-25,29-30,32-33,70H,4-11,13-14,16-20,23,26-28,31,34-69H2,1-3H3/b15-12-,24-21-,25-22-,30-29-,33-32-. The Kier molecular flexibility index (Phi) is 65.1. The molecule has 0 bridgehead atoms. The van der Waals surface area contributed by atoms with E-state index in [1.807, 2.05) is 0 Å². The lowest BCUT2D eigenvalue weighted by Gasteiger charge is -2.18. The fourth-order valence-corrected chi connectivity index (χ4v) is 10.3. The first-order valence-electron chi connectivity index (χ1n) is 34.8. The molecule has 6 nitrogen and oxygen atoms in total. The summed E-state index contributed by atoms with van der Waals surface area (Å²) in [6.07, 6.45) is 86.8. The van der Waals surface area contributed by atoms with Gasteiger partial charge in [0, 0.05) is 19.3 Å². The molecule has 0 aromatic rings. The predicted octanol–water partition coefficient (Wildman–Crippen LogP) is 23.9. The summed E-state index contributed by atoms with van der Waals surface area (Å²) in [6.45, 7) is 6.61. The molecule has 6 heteroatoms. The molecular formula is C73H132O6. The van der Waals surface area contributed by atoms with Gasteiger partial charge in [0.1, 0.15) is 13.2 Å². The Hall–Kier alpha value is -2.89. The van der Waals surface area contributed by atoms with Crippen molar-refractivity contribution in [1.29, 1.82) is 0 Å². The van der Waals surface area contributed by atoms with Crippen molar-refractivity contribution in [3.05, 3.63) is 60.8 Å². The zero-order chi connectivity index (χ0) is 57.1. The van der Waals surface area contributed by atoms with Crippen molar-refractivity contribution in [2.45, 2.75) is 374 Å². The average molecular weight is 1110 g/mol. The Bertz CT molecular complexity index is 1410. The van der Waals surface area contributed by atoms with Crippen LogP contribution in [0.5, 0.6) is 0 Å². The quantitative estimate of drug-likeness (QED) is 0.0261. The SMILES string of the molecule is CCC/C=C\C/C=C\CCCCCCCC(=O)OCC(COC(=O)CCCCCCCCCCCCCCCCCC/C=C\C/C=C\C/C=C\CCCCCCC)OC(=O)CCCCCCCCCCCCCCCCCCC. The van der Waals surface area contributed by atoms with Crippen LogP contribution in [0.1, 0.15) is 367 Å². The highest BCUT2D eigenvalue weighted by Gasteiger charge is 2.19. The number of unbranched alkanes of at least 4 members (excludes halogenated alkanes) is 43. The lowest BCUT2D eigenvalue weighted by atomic mass is 10.0. The summed E-state index contributed by atoms with van der Waals surface area (Å²) in [5.74, 6) is -0.866. The zero-order valence-corrected chi connectivity index (χ0v) is 52.9. The fraction of sp³-hybridized carbons (Fsp3) is 0.822. The smallest absolute Gasteiger partial charge is 0.306 e. The Labute approximate surface area is 491 Å². The maximum Gasteiger partial charge on any atom is 0.306 e. The summed E-state index contributed by atoms with van der Waals surface area (Å²) in [6, 6.07) is 0. The molecule has 1 atom stereocenters. The van der Waals surface area contributed by atoms with Crippen molar-refractivity contribution in [1.82, 2.24) is 0 Å². The third kappa shape index (κ3) is 65.8. The molecule has 0 spiro atoms. The van der Waals surface area contributed by atoms with Crippen molar-refractivity contribution in [2.75, 3.05) is 13.2 Å². The molecule has 0 aliphatic carbocycles. The van der Waals surface area contributed by atoms with Crippen LogP contribution < -0.4 is 0 Å². The number of carbonyl (C=O) groups is 3. The Morgan fingerprint density at radius 2 is 0.481 bits per heavy atom. The maximum atomic E-state index is 12.9. The molecule has 0 aromatic heterocycles. The number of esters is 3. The first-order valence-corrected chi connectivity index (χ1v) is 34.8. The highest BCUT2D eigenvalue weighted by atomic mass is 16.6. The molecule has 0 aliphatic heterocycles. The van der Waals surface area contributed by atoms with Gasteiger partial charge in [-0.25, -0.2) is 0 Å². The molecule has 0 N–H and O–H groups in total. The lowest BCUT2D eigenvalue weighted by molar-refractivity contribution is -0.167. The highest BCUT2D eigenvalue weighted by molar-refractivity contribution is 5.71. The molecule has 0 fully saturated rings. The van der Waals surface area contributed by atoms with E-state index in [-0.39, 0.29) is 31.1 Å². The van der Waals surface area contributed by atoms with Crippen molar-refractivity contribution in [2.24, 2.45) is 0 Å². The van der Waals surface area contributed by atoms with Crippen LogP contribution in [0.3, 0.4) is 0 Å². The fourth-order valence-electron chi connectivity index (χ4n) is 10.3. The summed E-state index contributed by atoms with van der Waals surface area (Å²) in [7, 11) is 0. The third-order valence-electron chi connectivity index (χ3n) is 15.5. The monoisotopic (exact) mass is 1110 g/mol. The average Bonchev–Trinajstić information content (AvgIpc) is 3.45. The van der Waals surface area contributed by atoms with Gasteiger partial charge in [0.2, 0.25) is 0 Å². The molecule has 79 heavy (non-hydrogen) atoms. The van der Waals surface area contributed by atoms with Crippen LogP contribution >= 0.6 is 0 Å². The summed E-state index contributed by atoms with van der Waals surface area (Å²) in [5, 5.41) is 0. The van der Waals surface area contributed by atoms with Gasteiger partial charge in [-0.15, -0.1) is 0 Å². The van der Waals surface area contributed by atoms with Crippen molar-refractivity contribution in [3.8, 4) is 0 Å². The van der Waals surface area contributed by atoms with Crippen LogP contribution in [-0.4, -0.2) is 37.2 Å². The summed E-state index contributed by atoms with van der Waals surface area (Å²) in [5.41, 5.74) is 0. The molecule has 0 saturated carbocycles. The van der Waals surface area contributed by atoms with Crippen LogP contribution in [0, 0.1) is 0 Å². The summed E-state index contributed by atoms with van der Waals surface area (Å²) >= 11 is 0. The van der Waals surface area contributed by atoms with Crippen LogP contribution in [0.2, 0.25) is 0 Å². The van der Waals surface area contributed by atoms with Gasteiger partial charge in [0.25, 0.3) is 0 Å². The normalized spacial score (nSPS) is 12.4. The van der Waals surface area contributed by atoms with Crippen LogP contribution in [0.15, 0.2) is 60.8 Å². The Morgan fingerprint density at radius 1 is 0.253 bits per heavy atom. The van der Waals surface area contributed by atoms with E-state index in [9.17, 15) is 14.4 Å². The Balaban J connectivity index is 4.17. The number of allylic oxidation sites excluding steroid dienone is 10. The summed E-state index contributed by atoms with van der Waals surface area (Å²) in [4.78, 5) is 38.3. The van der Waals surface area contributed by atoms with E-state index in [0.717, 1.165) is 96.3 Å². The van der Waals surface area contributed by atoms with Crippen molar-refractivity contribution < 1.29 is 28.6 Å². The minimum atomic E-state index is -0.778. The number of hydrogen-bond acceptors (Lipinski definition) is 6. The van der Waals surface area contributed by atoms with E-state index in [2.05, 4.69) is 81.5 Å². The van der Waals surface area contributed by atoms with E-state index in [4.69, 9.17) is 14.2 Å². The topological polar surface area (TPSA) is 78.9 Å². The van der Waals surface area contributed by atoms with Crippen LogP contribution in [0.25, 0.3) is 0 Å². The molecular weight excluding hydrogens is 973 g/mol. The highest BCUT2D eigenvalue weighted by Crippen LogP contribution is 2.18. The molecule has 0 saturated heterocycles. The molecule has 0 aliphatic rings. The zero-order valence-electron chi connectivity index (χ0n) is 52.9. The molecule has 0 radical (unpaired) electrons. The second-order valence-electron chi connectivity index (χ2n) is 23.4. The number of hydrogen-bond donors (Lipinski definition) is 0. The molecule has 0 heterocycles. The molecule has 0 amide bonds. The van der Waals surface area contributed by atoms with Gasteiger partial charge in [0.05, 0.1) is 0 Å². The van der Waals surface area contributed by atoms with Gasteiger partial charge in [-0.2, -0.15) is 0 Å². The van der Waals surface area contributed by atoms with Crippen molar-refractivity contribution >= 4 is 17.9 Å². The number of carbonyl (C=O) groups excluding carboxylic acids is 3. The predicted molar refractivity (Wildman–Crippen MR) is 344 cm³/mol. The second kappa shape index (κ2) is 67.6. The molecule has 0 rings (SSSR count). The second-order valence-corrected chi connectivity index (χ2v) is 23.4. The van der Waals surface area contributed by atoms with Crippen LogP contribution in [-0.2, 0) is 28.6 Å². The van der Waals surface area contributed by atoms with E-state index in [1.165, 1.54) is 231 Å². The molecule has 1 unspecified atom stereocenters. The maximum absolute atomic E-state index is 12.9. The lowest BCUT2D eigenvalue weighted by Crippen LogP contribution is -2.30. The molecule has 0 aromatic carbocycles. The van der Waals surface area contributed by atoms with Gasteiger partial charge in [-0.3, -0.25) is 14.4 Å². The first-order chi connectivity index (χ1) is 39.0. The van der Waals surface area contributed by atoms with E-state index in [0.29, 0.717) is 19.3 Å². The van der Waals surface area contributed by atoms with Gasteiger partial charge in [-0.1, -0.05) is 326 Å². The Morgan fingerprint density at radius 3 is 0.759 bits per heavy atom. The van der Waals surface area contributed by atoms with E-state index >= 15 is 0 Å². The van der Waals surface area contributed by atoms with Crippen LogP contribution in [0.4, 0.5) is 0 Å². The van der Waals surface area contributed by atoms with Gasteiger partial charge >= 0.3 is 17.9 Å². The minimum absolute atomic E-state index is 0.0742. The van der Waals surface area contributed by atoms with E-state index < -0.39 is 6.10 Å². The first kappa shape index (κ1) is 76.1. The summed E-state index contributed by atoms with van der Waals surface area (Å²) < 4.78 is 17.0. The third-order valence-corrected chi connectivity index (χ3v) is 15.5. The minimum Gasteiger partial charge on any atom is -0.462 e. The van der Waals surface area contributed by atoms with Crippen molar-refractivity contribution in [3.63, 3.8) is 0 Å². The number of ether oxygens (including phenoxy) is 3.